The van der Waals surface area contributed by atoms with Gasteiger partial charge in [-0.25, -0.2) is 0 Å². The molecule has 1 heterocycles. The van der Waals surface area contributed by atoms with Gasteiger partial charge in [-0.15, -0.1) is 0 Å². The lowest BCUT2D eigenvalue weighted by molar-refractivity contribution is 0.0504. The molecule has 0 spiro atoms. The van der Waals surface area contributed by atoms with Crippen molar-refractivity contribution in [1.82, 2.24) is 5.32 Å². The second-order valence-electron chi connectivity index (χ2n) is 4.25. The van der Waals surface area contributed by atoms with Gasteiger partial charge in [0.25, 0.3) is 0 Å². The molecule has 1 aliphatic rings. The van der Waals surface area contributed by atoms with Gasteiger partial charge in [-0.05, 0) is 24.5 Å². The standard InChI is InChI=1S/C13H19NO/c1-3-11-4-6-12(7-5-11)13-9-15-8-10(2)14-13/h4-7,10,13-14H,3,8-9H2,1-2H3. The average molecular weight is 205 g/mol. The monoisotopic (exact) mass is 205 g/mol. The van der Waals surface area contributed by atoms with E-state index in [4.69, 9.17) is 4.74 Å². The summed E-state index contributed by atoms with van der Waals surface area (Å²) in [6.45, 7) is 5.95. The van der Waals surface area contributed by atoms with Crippen molar-refractivity contribution in [1.29, 1.82) is 0 Å². The zero-order valence-corrected chi connectivity index (χ0v) is 9.49. The van der Waals surface area contributed by atoms with Gasteiger partial charge in [0.1, 0.15) is 0 Å². The maximum absolute atomic E-state index is 5.54. The van der Waals surface area contributed by atoms with E-state index in [1.165, 1.54) is 11.1 Å². The van der Waals surface area contributed by atoms with Gasteiger partial charge in [-0.2, -0.15) is 0 Å². The van der Waals surface area contributed by atoms with Gasteiger partial charge < -0.3 is 10.1 Å². The molecule has 0 aliphatic carbocycles. The molecule has 2 atom stereocenters. The SMILES string of the molecule is CCc1ccc(C2COCC(C)N2)cc1. The minimum Gasteiger partial charge on any atom is -0.378 e. The van der Waals surface area contributed by atoms with Crippen LogP contribution in [0.5, 0.6) is 0 Å². The van der Waals surface area contributed by atoms with Gasteiger partial charge in [-0.1, -0.05) is 31.2 Å². The van der Waals surface area contributed by atoms with Crippen LogP contribution in [0.15, 0.2) is 24.3 Å². The second-order valence-corrected chi connectivity index (χ2v) is 4.25. The largest absolute Gasteiger partial charge is 0.378 e. The Kier molecular flexibility index (Phi) is 3.39. The van der Waals surface area contributed by atoms with Crippen LogP contribution in [0.25, 0.3) is 0 Å². The second kappa shape index (κ2) is 4.77. The molecule has 2 rings (SSSR count). The van der Waals surface area contributed by atoms with E-state index in [-0.39, 0.29) is 0 Å². The van der Waals surface area contributed by atoms with Crippen LogP contribution in [0.4, 0.5) is 0 Å². The molecular weight excluding hydrogens is 186 g/mol. The number of benzene rings is 1. The lowest BCUT2D eigenvalue weighted by Gasteiger charge is -2.29. The fourth-order valence-corrected chi connectivity index (χ4v) is 1.98. The van der Waals surface area contributed by atoms with E-state index in [1.807, 2.05) is 0 Å². The predicted molar refractivity (Wildman–Crippen MR) is 62.0 cm³/mol. The van der Waals surface area contributed by atoms with Crippen molar-refractivity contribution in [2.24, 2.45) is 0 Å². The highest BCUT2D eigenvalue weighted by Crippen LogP contribution is 2.18. The van der Waals surface area contributed by atoms with Crippen molar-refractivity contribution in [2.75, 3.05) is 13.2 Å². The van der Waals surface area contributed by atoms with Crippen LogP contribution < -0.4 is 5.32 Å². The number of aryl methyl sites for hydroxylation is 1. The van der Waals surface area contributed by atoms with E-state index in [1.54, 1.807) is 0 Å². The molecule has 0 amide bonds. The van der Waals surface area contributed by atoms with Crippen molar-refractivity contribution in [3.8, 4) is 0 Å². The average Bonchev–Trinajstić information content (AvgIpc) is 2.29. The Morgan fingerprint density at radius 2 is 2.00 bits per heavy atom. The zero-order valence-electron chi connectivity index (χ0n) is 9.49. The molecule has 82 valence electrons. The molecule has 1 fully saturated rings. The van der Waals surface area contributed by atoms with E-state index in [0.717, 1.165) is 19.6 Å². The van der Waals surface area contributed by atoms with E-state index in [0.29, 0.717) is 12.1 Å². The summed E-state index contributed by atoms with van der Waals surface area (Å²) >= 11 is 0. The fraction of sp³-hybridized carbons (Fsp3) is 0.538. The van der Waals surface area contributed by atoms with Crippen molar-refractivity contribution in [3.05, 3.63) is 35.4 Å². The lowest BCUT2D eigenvalue weighted by Crippen LogP contribution is -2.41. The Morgan fingerprint density at radius 3 is 2.60 bits per heavy atom. The lowest BCUT2D eigenvalue weighted by atomic mass is 10.0. The molecule has 1 saturated heterocycles. The quantitative estimate of drug-likeness (QED) is 0.800. The first kappa shape index (κ1) is 10.7. The van der Waals surface area contributed by atoms with Crippen LogP contribution in [-0.2, 0) is 11.2 Å². The molecule has 0 saturated carbocycles. The van der Waals surface area contributed by atoms with Crippen LogP contribution in [0.3, 0.4) is 0 Å². The van der Waals surface area contributed by atoms with Crippen LogP contribution >= 0.6 is 0 Å². The third-order valence-electron chi connectivity index (χ3n) is 2.93. The van der Waals surface area contributed by atoms with Gasteiger partial charge in [0.2, 0.25) is 0 Å². The zero-order chi connectivity index (χ0) is 10.7. The molecule has 2 unspecified atom stereocenters. The molecule has 2 nitrogen and oxygen atoms in total. The van der Waals surface area contributed by atoms with Crippen molar-refractivity contribution in [3.63, 3.8) is 0 Å². The maximum Gasteiger partial charge on any atom is 0.0662 e. The summed E-state index contributed by atoms with van der Waals surface area (Å²) in [7, 11) is 0. The van der Waals surface area contributed by atoms with Crippen LogP contribution in [0, 0.1) is 0 Å². The highest BCUT2D eigenvalue weighted by molar-refractivity contribution is 5.25. The van der Waals surface area contributed by atoms with Crippen LogP contribution in [-0.4, -0.2) is 19.3 Å². The first-order valence-electron chi connectivity index (χ1n) is 5.72. The Bertz CT molecular complexity index is 307. The molecule has 15 heavy (non-hydrogen) atoms. The normalized spacial score (nSPS) is 26.5. The summed E-state index contributed by atoms with van der Waals surface area (Å²) in [5.41, 5.74) is 2.72. The number of nitrogens with one attached hydrogen (secondary N) is 1. The topological polar surface area (TPSA) is 21.3 Å². The van der Waals surface area contributed by atoms with E-state index < -0.39 is 0 Å². The minimum absolute atomic E-state index is 0.361. The molecule has 2 heteroatoms. The molecule has 0 aromatic heterocycles. The molecule has 1 aliphatic heterocycles. The summed E-state index contributed by atoms with van der Waals surface area (Å²) in [6.07, 6.45) is 1.10. The smallest absolute Gasteiger partial charge is 0.0662 e. The number of hydrogen-bond acceptors (Lipinski definition) is 2. The van der Waals surface area contributed by atoms with Gasteiger partial charge >= 0.3 is 0 Å². The Labute approximate surface area is 91.6 Å². The Balaban J connectivity index is 2.07. The highest BCUT2D eigenvalue weighted by atomic mass is 16.5. The fourth-order valence-electron chi connectivity index (χ4n) is 1.98. The van der Waals surface area contributed by atoms with E-state index >= 15 is 0 Å². The van der Waals surface area contributed by atoms with Crippen molar-refractivity contribution in [2.45, 2.75) is 32.4 Å². The van der Waals surface area contributed by atoms with Crippen LogP contribution in [0.1, 0.15) is 31.0 Å². The van der Waals surface area contributed by atoms with Crippen molar-refractivity contribution >= 4 is 0 Å². The summed E-state index contributed by atoms with van der Waals surface area (Å²) in [5, 5.41) is 3.55. The summed E-state index contributed by atoms with van der Waals surface area (Å²) < 4.78 is 5.54. The molecular formula is C13H19NO. The Hall–Kier alpha value is -0.860. The van der Waals surface area contributed by atoms with Gasteiger partial charge in [0, 0.05) is 6.04 Å². The summed E-state index contributed by atoms with van der Waals surface area (Å²) in [6, 6.07) is 9.64. The number of ether oxygens (including phenoxy) is 1. The van der Waals surface area contributed by atoms with E-state index in [9.17, 15) is 0 Å². The van der Waals surface area contributed by atoms with E-state index in [2.05, 4.69) is 43.4 Å². The number of rotatable bonds is 2. The third-order valence-corrected chi connectivity index (χ3v) is 2.93. The van der Waals surface area contributed by atoms with Gasteiger partial charge in [0.15, 0.2) is 0 Å². The number of hydrogen-bond donors (Lipinski definition) is 1. The summed E-state index contributed by atoms with van der Waals surface area (Å²) in [4.78, 5) is 0. The maximum atomic E-state index is 5.54. The molecule has 1 aromatic carbocycles. The number of morpholine rings is 1. The predicted octanol–water partition coefficient (Wildman–Crippen LogP) is 2.30. The van der Waals surface area contributed by atoms with Gasteiger partial charge in [0.05, 0.1) is 19.3 Å². The van der Waals surface area contributed by atoms with Crippen LogP contribution in [0.2, 0.25) is 0 Å². The summed E-state index contributed by atoms with van der Waals surface area (Å²) in [5.74, 6) is 0. The first-order chi connectivity index (χ1) is 7.29. The first-order valence-corrected chi connectivity index (χ1v) is 5.72. The molecule has 0 bridgehead atoms. The highest BCUT2D eigenvalue weighted by Gasteiger charge is 2.19. The van der Waals surface area contributed by atoms with Crippen molar-refractivity contribution < 1.29 is 4.74 Å². The Morgan fingerprint density at radius 1 is 1.27 bits per heavy atom. The van der Waals surface area contributed by atoms with Gasteiger partial charge in [-0.3, -0.25) is 0 Å². The third kappa shape index (κ3) is 2.58. The molecule has 1 aromatic rings. The minimum atomic E-state index is 0.361. The molecule has 0 radical (unpaired) electrons. The molecule has 1 N–H and O–H groups in total.